The smallest absolute Gasteiger partial charge is 0.262 e. The third kappa shape index (κ3) is 2.79. The van der Waals surface area contributed by atoms with Gasteiger partial charge in [-0.25, -0.2) is 4.39 Å². The molecule has 1 aromatic rings. The minimum absolute atomic E-state index is 0.00993. The highest BCUT2D eigenvalue weighted by Gasteiger charge is 2.43. The molecule has 7 nitrogen and oxygen atoms in total. The van der Waals surface area contributed by atoms with E-state index in [2.05, 4.69) is 10.6 Å². The largest absolute Gasteiger partial charge is 0.386 e. The molecule has 0 aromatic heterocycles. The van der Waals surface area contributed by atoms with Crippen molar-refractivity contribution in [3.05, 3.63) is 29.1 Å². The zero-order chi connectivity index (χ0) is 17.1. The fraction of sp³-hybridized carbons (Fsp3) is 0.333. The second-order valence-electron chi connectivity index (χ2n) is 4.98. The van der Waals surface area contributed by atoms with E-state index >= 15 is 0 Å². The van der Waals surface area contributed by atoms with E-state index in [0.717, 1.165) is 11.0 Å². The van der Waals surface area contributed by atoms with Gasteiger partial charge in [0, 0.05) is 20.5 Å². The Balaban J connectivity index is 2.45. The molecule has 0 aliphatic carbocycles. The van der Waals surface area contributed by atoms with Crippen LogP contribution >= 0.6 is 0 Å². The number of anilines is 1. The molecule has 2 N–H and O–H groups in total. The molecule has 1 aliphatic rings. The van der Waals surface area contributed by atoms with Crippen LogP contribution in [0, 0.1) is 5.82 Å². The van der Waals surface area contributed by atoms with Gasteiger partial charge in [-0.05, 0) is 18.6 Å². The molecule has 23 heavy (non-hydrogen) atoms. The minimum Gasteiger partial charge on any atom is -0.386 e. The maximum atomic E-state index is 13.8. The summed E-state index contributed by atoms with van der Waals surface area (Å²) in [6, 6.07) is 1.10. The van der Waals surface area contributed by atoms with Crippen molar-refractivity contribution in [1.82, 2.24) is 10.2 Å². The highest BCUT2D eigenvalue weighted by molar-refractivity contribution is 6.23. The molecule has 0 saturated carbocycles. The van der Waals surface area contributed by atoms with Gasteiger partial charge >= 0.3 is 0 Å². The monoisotopic (exact) mass is 321 g/mol. The number of carbonyl (C=O) groups is 4. The van der Waals surface area contributed by atoms with Crippen LogP contribution in [-0.2, 0) is 9.59 Å². The van der Waals surface area contributed by atoms with E-state index in [9.17, 15) is 23.6 Å². The summed E-state index contributed by atoms with van der Waals surface area (Å²) in [6.07, 6.45) is 0.629. The number of amides is 3. The first-order valence-electron chi connectivity index (χ1n) is 7.00. The number of halogens is 1. The van der Waals surface area contributed by atoms with Gasteiger partial charge in [-0.1, -0.05) is 0 Å². The summed E-state index contributed by atoms with van der Waals surface area (Å²) in [7, 11) is 2.86. The fourth-order valence-corrected chi connectivity index (χ4v) is 2.52. The molecular weight excluding hydrogens is 305 g/mol. The lowest BCUT2D eigenvalue weighted by molar-refractivity contribution is -0.124. The Labute approximate surface area is 131 Å². The van der Waals surface area contributed by atoms with E-state index in [1.54, 1.807) is 0 Å². The third-order valence-electron chi connectivity index (χ3n) is 3.69. The Hall–Kier alpha value is -2.77. The van der Waals surface area contributed by atoms with Crippen LogP contribution in [0.3, 0.4) is 0 Å². The molecule has 8 heteroatoms. The lowest BCUT2D eigenvalue weighted by Gasteiger charge is -2.24. The van der Waals surface area contributed by atoms with E-state index in [1.807, 2.05) is 0 Å². The molecule has 1 heterocycles. The van der Waals surface area contributed by atoms with Crippen molar-refractivity contribution in [2.75, 3.05) is 19.4 Å². The normalized spacial score (nSPS) is 14.5. The fourth-order valence-electron chi connectivity index (χ4n) is 2.52. The first-order valence-corrected chi connectivity index (χ1v) is 7.00. The summed E-state index contributed by atoms with van der Waals surface area (Å²) in [5.74, 6) is -2.65. The Morgan fingerprint density at radius 1 is 1.26 bits per heavy atom. The van der Waals surface area contributed by atoms with Gasteiger partial charge in [0.1, 0.15) is 18.1 Å². The van der Waals surface area contributed by atoms with Crippen LogP contribution in [0.1, 0.15) is 33.6 Å². The minimum atomic E-state index is -1.11. The Morgan fingerprint density at radius 3 is 2.39 bits per heavy atom. The first-order chi connectivity index (χ1) is 11.0. The van der Waals surface area contributed by atoms with Crippen LogP contribution in [0.2, 0.25) is 0 Å². The average Bonchev–Trinajstić information content (AvgIpc) is 2.78. The topological polar surface area (TPSA) is 95.6 Å². The van der Waals surface area contributed by atoms with Crippen LogP contribution < -0.4 is 10.6 Å². The van der Waals surface area contributed by atoms with Crippen LogP contribution in [-0.4, -0.2) is 49.0 Å². The number of nitrogens with one attached hydrogen (secondary N) is 2. The van der Waals surface area contributed by atoms with Crippen molar-refractivity contribution in [2.24, 2.45) is 0 Å². The summed E-state index contributed by atoms with van der Waals surface area (Å²) >= 11 is 0. The number of benzene rings is 1. The molecule has 0 unspecified atom stereocenters. The zero-order valence-electron chi connectivity index (χ0n) is 12.7. The number of aldehydes is 1. The highest BCUT2D eigenvalue weighted by atomic mass is 19.1. The number of likely N-dealkylation sites (N-methyl/N-ethyl adjacent to an activating group) is 1. The van der Waals surface area contributed by atoms with E-state index in [1.165, 1.54) is 20.2 Å². The summed E-state index contributed by atoms with van der Waals surface area (Å²) < 4.78 is 13.8. The summed E-state index contributed by atoms with van der Waals surface area (Å²) in [4.78, 5) is 48.3. The van der Waals surface area contributed by atoms with Gasteiger partial charge in [0.05, 0.1) is 16.8 Å². The molecule has 0 saturated heterocycles. The van der Waals surface area contributed by atoms with Gasteiger partial charge in [0.2, 0.25) is 5.91 Å². The molecule has 1 aromatic carbocycles. The molecule has 1 aliphatic heterocycles. The Morgan fingerprint density at radius 2 is 1.87 bits per heavy atom. The summed E-state index contributed by atoms with van der Waals surface area (Å²) in [6.45, 7) is 0. The number of carbonyl (C=O) groups excluding carboxylic acids is 4. The maximum Gasteiger partial charge on any atom is 0.262 e. The third-order valence-corrected chi connectivity index (χ3v) is 3.69. The second kappa shape index (κ2) is 6.55. The molecule has 2 rings (SSSR count). The summed E-state index contributed by atoms with van der Waals surface area (Å²) in [5, 5.41) is 4.96. The molecule has 1 atom stereocenters. The van der Waals surface area contributed by atoms with Gasteiger partial charge in [-0.3, -0.25) is 19.3 Å². The predicted octanol–water partition coefficient (Wildman–Crippen LogP) is 0.557. The Kier molecular flexibility index (Phi) is 4.73. The molecule has 3 amide bonds. The van der Waals surface area contributed by atoms with Crippen molar-refractivity contribution < 1.29 is 23.6 Å². The van der Waals surface area contributed by atoms with Crippen molar-refractivity contribution in [2.45, 2.75) is 18.9 Å². The number of hydrogen-bond acceptors (Lipinski definition) is 5. The molecule has 0 spiro atoms. The van der Waals surface area contributed by atoms with E-state index in [4.69, 9.17) is 0 Å². The van der Waals surface area contributed by atoms with Gasteiger partial charge in [0.15, 0.2) is 0 Å². The van der Waals surface area contributed by atoms with Crippen molar-refractivity contribution in [3.63, 3.8) is 0 Å². The molecule has 0 fully saturated rings. The number of hydrogen-bond donors (Lipinski definition) is 2. The quantitative estimate of drug-likeness (QED) is 0.589. The number of fused-ring (bicyclic) bond motifs is 1. The summed E-state index contributed by atoms with van der Waals surface area (Å²) in [5.41, 5.74) is 0.0170. The van der Waals surface area contributed by atoms with E-state index in [-0.39, 0.29) is 29.7 Å². The lowest BCUT2D eigenvalue weighted by Crippen LogP contribution is -2.48. The number of rotatable bonds is 6. The lowest BCUT2D eigenvalue weighted by atomic mass is 10.1. The first kappa shape index (κ1) is 16.6. The van der Waals surface area contributed by atoms with Gasteiger partial charge in [0.25, 0.3) is 11.8 Å². The number of nitrogens with zero attached hydrogens (tertiary/aromatic N) is 1. The van der Waals surface area contributed by atoms with E-state index < -0.39 is 29.6 Å². The van der Waals surface area contributed by atoms with Gasteiger partial charge < -0.3 is 15.4 Å². The van der Waals surface area contributed by atoms with Crippen LogP contribution in [0.4, 0.5) is 10.1 Å². The standard InChI is InChI=1S/C15H16FN3O4/c1-17-11-7-9-8(6-10(11)16)14(22)19(15(9)23)12(4-3-5-20)13(21)18-2/h5-7,12,17H,3-4H2,1-2H3,(H,18,21)/t12-/m0/s1. The second-order valence-corrected chi connectivity index (χ2v) is 4.98. The van der Waals surface area contributed by atoms with Gasteiger partial charge in [-0.15, -0.1) is 0 Å². The molecule has 122 valence electrons. The van der Waals surface area contributed by atoms with Crippen LogP contribution in [0.5, 0.6) is 0 Å². The zero-order valence-corrected chi connectivity index (χ0v) is 12.7. The molecule has 0 radical (unpaired) electrons. The van der Waals surface area contributed by atoms with Crippen LogP contribution in [0.25, 0.3) is 0 Å². The highest BCUT2D eigenvalue weighted by Crippen LogP contribution is 2.30. The molecule has 0 bridgehead atoms. The average molecular weight is 321 g/mol. The SMILES string of the molecule is CNC(=O)[C@H](CCC=O)N1C(=O)c2cc(F)c(NC)cc2C1=O. The predicted molar refractivity (Wildman–Crippen MR) is 79.6 cm³/mol. The van der Waals surface area contributed by atoms with Crippen molar-refractivity contribution in [1.29, 1.82) is 0 Å². The van der Waals surface area contributed by atoms with Gasteiger partial charge in [-0.2, -0.15) is 0 Å². The molecular formula is C15H16FN3O4. The van der Waals surface area contributed by atoms with E-state index in [0.29, 0.717) is 6.29 Å². The number of imide groups is 1. The van der Waals surface area contributed by atoms with Crippen molar-refractivity contribution in [3.8, 4) is 0 Å². The van der Waals surface area contributed by atoms with Crippen molar-refractivity contribution >= 4 is 29.7 Å². The maximum absolute atomic E-state index is 13.8. The Bertz CT molecular complexity index is 690. The van der Waals surface area contributed by atoms with Crippen LogP contribution in [0.15, 0.2) is 12.1 Å².